The average molecular weight is 405 g/mol. The van der Waals surface area contributed by atoms with Crippen LogP contribution in [-0.2, 0) is 0 Å². The van der Waals surface area contributed by atoms with Crippen molar-refractivity contribution in [1.29, 1.82) is 0 Å². The molecule has 0 unspecified atom stereocenters. The fraction of sp³-hybridized carbons (Fsp3) is 0.125. The van der Waals surface area contributed by atoms with Crippen molar-refractivity contribution in [3.8, 4) is 0 Å². The van der Waals surface area contributed by atoms with E-state index in [9.17, 15) is 4.79 Å². The molecule has 2 aromatic rings. The smallest absolute Gasteiger partial charge is 0.253 e. The number of hydrogen-bond acceptors (Lipinski definition) is 2. The molecule has 0 radical (unpaired) electrons. The number of carbonyl (C=O) groups is 1. The summed E-state index contributed by atoms with van der Waals surface area (Å²) in [5.74, 6) is -0.323. The molecule has 126 valence electrons. The molecule has 1 amide bonds. The van der Waals surface area contributed by atoms with Crippen LogP contribution in [0.5, 0.6) is 0 Å². The van der Waals surface area contributed by atoms with Crippen LogP contribution in [0.25, 0.3) is 0 Å². The Morgan fingerprint density at radius 3 is 2.12 bits per heavy atom. The second-order valence-electron chi connectivity index (χ2n) is 4.80. The van der Waals surface area contributed by atoms with Crippen LogP contribution in [0.4, 0.5) is 0 Å². The van der Waals surface area contributed by atoms with Gasteiger partial charge in [-0.1, -0.05) is 76.7 Å². The summed E-state index contributed by atoms with van der Waals surface area (Å²) < 4.78 is -1.87. The Kier molecular flexibility index (Phi) is 6.35. The predicted molar refractivity (Wildman–Crippen MR) is 100 cm³/mol. The van der Waals surface area contributed by atoms with Crippen LogP contribution in [0, 0.1) is 0 Å². The van der Waals surface area contributed by atoms with Crippen molar-refractivity contribution in [2.24, 2.45) is 10.7 Å². The van der Waals surface area contributed by atoms with Crippen LogP contribution in [0.1, 0.15) is 15.9 Å². The molecule has 0 saturated carbocycles. The van der Waals surface area contributed by atoms with Gasteiger partial charge in [0.05, 0.1) is 0 Å². The molecule has 0 bridgehead atoms. The van der Waals surface area contributed by atoms with Gasteiger partial charge in [-0.05, 0) is 24.3 Å². The number of hydrogen-bond donors (Lipinski definition) is 2. The Morgan fingerprint density at radius 1 is 1.00 bits per heavy atom. The molecule has 0 aromatic heterocycles. The summed E-state index contributed by atoms with van der Waals surface area (Å²) >= 11 is 23.6. The summed E-state index contributed by atoms with van der Waals surface area (Å²) in [6.45, 7) is 0. The van der Waals surface area contributed by atoms with Gasteiger partial charge in [-0.15, -0.1) is 0 Å². The van der Waals surface area contributed by atoms with Gasteiger partial charge in [0.1, 0.15) is 5.84 Å². The van der Waals surface area contributed by atoms with Crippen LogP contribution >= 0.6 is 46.4 Å². The van der Waals surface area contributed by atoms with Gasteiger partial charge < -0.3 is 11.1 Å². The predicted octanol–water partition coefficient (Wildman–Crippen LogP) is 4.17. The maximum Gasteiger partial charge on any atom is 0.253 e. The van der Waals surface area contributed by atoms with Crippen LogP contribution < -0.4 is 11.1 Å². The standard InChI is InChI=1S/C16H13Cl4N3O/c17-12-8-6-11(7-9-12)14(24)23-15(16(18,19)20)22-13(21)10-4-2-1-3-5-10/h1-9,15H,(H2,21,22)(H,23,24)/t15-/m1/s1. The van der Waals surface area contributed by atoms with Gasteiger partial charge in [0, 0.05) is 16.1 Å². The summed E-state index contributed by atoms with van der Waals surface area (Å²) in [7, 11) is 0. The highest BCUT2D eigenvalue weighted by Gasteiger charge is 2.34. The normalized spacial score (nSPS) is 13.4. The molecule has 0 saturated heterocycles. The summed E-state index contributed by atoms with van der Waals surface area (Å²) in [4.78, 5) is 16.4. The van der Waals surface area contributed by atoms with E-state index in [2.05, 4.69) is 10.3 Å². The van der Waals surface area contributed by atoms with Crippen LogP contribution in [0.2, 0.25) is 5.02 Å². The first-order valence-corrected chi connectivity index (χ1v) is 8.30. The van der Waals surface area contributed by atoms with E-state index in [0.717, 1.165) is 0 Å². The molecule has 0 aliphatic rings. The minimum Gasteiger partial charge on any atom is -0.383 e. The highest BCUT2D eigenvalue weighted by molar-refractivity contribution is 6.68. The Hall–Kier alpha value is -1.46. The number of amides is 1. The van der Waals surface area contributed by atoms with E-state index in [4.69, 9.17) is 52.1 Å². The second-order valence-corrected chi connectivity index (χ2v) is 7.61. The van der Waals surface area contributed by atoms with Crippen molar-refractivity contribution in [2.75, 3.05) is 0 Å². The molecule has 0 fully saturated rings. The SMILES string of the molecule is NC(=N[C@H](NC(=O)c1ccc(Cl)cc1)C(Cl)(Cl)Cl)c1ccccc1. The van der Waals surface area contributed by atoms with Gasteiger partial charge >= 0.3 is 0 Å². The zero-order chi connectivity index (χ0) is 17.7. The minimum absolute atomic E-state index is 0.142. The number of amidine groups is 1. The lowest BCUT2D eigenvalue weighted by molar-refractivity contribution is 0.0939. The second kappa shape index (κ2) is 8.08. The topological polar surface area (TPSA) is 67.5 Å². The molecule has 8 heteroatoms. The van der Waals surface area contributed by atoms with Gasteiger partial charge in [0.15, 0.2) is 6.17 Å². The molecule has 2 rings (SSSR count). The molecular formula is C16H13Cl4N3O. The number of nitrogens with two attached hydrogens (primary N) is 1. The Labute approximate surface area is 159 Å². The van der Waals surface area contributed by atoms with E-state index in [1.165, 1.54) is 0 Å². The first kappa shape index (κ1) is 18.9. The first-order valence-electron chi connectivity index (χ1n) is 6.79. The number of rotatable bonds is 4. The minimum atomic E-state index is -1.87. The van der Waals surface area contributed by atoms with E-state index >= 15 is 0 Å². The molecule has 1 atom stereocenters. The Morgan fingerprint density at radius 2 is 1.58 bits per heavy atom. The Bertz CT molecular complexity index is 727. The van der Waals surface area contributed by atoms with Gasteiger partial charge in [-0.25, -0.2) is 4.99 Å². The number of carbonyl (C=O) groups excluding carboxylic acids is 1. The summed E-state index contributed by atoms with van der Waals surface area (Å²) in [5.41, 5.74) is 6.94. The number of nitrogens with one attached hydrogen (secondary N) is 1. The number of aliphatic imine (C=N–C) groups is 1. The average Bonchev–Trinajstić information content (AvgIpc) is 2.54. The zero-order valence-corrected chi connectivity index (χ0v) is 15.2. The van der Waals surface area contributed by atoms with Crippen molar-refractivity contribution < 1.29 is 4.79 Å². The molecule has 0 aliphatic heterocycles. The first-order chi connectivity index (χ1) is 11.3. The molecule has 0 spiro atoms. The molecular weight excluding hydrogens is 392 g/mol. The number of benzene rings is 2. The van der Waals surface area contributed by atoms with E-state index in [-0.39, 0.29) is 5.84 Å². The van der Waals surface area contributed by atoms with E-state index < -0.39 is 15.9 Å². The quantitative estimate of drug-likeness (QED) is 0.456. The van der Waals surface area contributed by atoms with Gasteiger partial charge in [0.25, 0.3) is 5.91 Å². The lowest BCUT2D eigenvalue weighted by Crippen LogP contribution is -2.43. The largest absolute Gasteiger partial charge is 0.383 e. The van der Waals surface area contributed by atoms with Gasteiger partial charge in [-0.3, -0.25) is 4.79 Å². The van der Waals surface area contributed by atoms with E-state index in [0.29, 0.717) is 16.1 Å². The molecule has 0 aliphatic carbocycles. The van der Waals surface area contributed by atoms with Crippen LogP contribution in [0.15, 0.2) is 59.6 Å². The molecule has 24 heavy (non-hydrogen) atoms. The van der Waals surface area contributed by atoms with Crippen molar-refractivity contribution in [3.63, 3.8) is 0 Å². The fourth-order valence-electron chi connectivity index (χ4n) is 1.82. The molecule has 3 N–H and O–H groups in total. The maximum absolute atomic E-state index is 12.3. The zero-order valence-electron chi connectivity index (χ0n) is 12.2. The van der Waals surface area contributed by atoms with Crippen LogP contribution in [-0.4, -0.2) is 21.7 Å². The molecule has 0 heterocycles. The van der Waals surface area contributed by atoms with Gasteiger partial charge in [0.2, 0.25) is 3.79 Å². The fourth-order valence-corrected chi connectivity index (χ4v) is 2.25. The maximum atomic E-state index is 12.3. The lowest BCUT2D eigenvalue weighted by atomic mass is 10.2. The third kappa shape index (κ3) is 5.28. The number of alkyl halides is 3. The molecule has 2 aromatic carbocycles. The highest BCUT2D eigenvalue weighted by Crippen LogP contribution is 2.31. The highest BCUT2D eigenvalue weighted by atomic mass is 35.6. The number of halogens is 4. The van der Waals surface area contributed by atoms with Crippen molar-refractivity contribution in [1.82, 2.24) is 5.32 Å². The number of nitrogens with zero attached hydrogens (tertiary/aromatic N) is 1. The molecule has 4 nitrogen and oxygen atoms in total. The van der Waals surface area contributed by atoms with Gasteiger partial charge in [-0.2, -0.15) is 0 Å². The third-order valence-corrected chi connectivity index (χ3v) is 3.89. The van der Waals surface area contributed by atoms with Crippen molar-refractivity contribution in [3.05, 3.63) is 70.7 Å². The summed E-state index contributed by atoms with van der Waals surface area (Å²) in [6.07, 6.45) is -1.16. The Balaban J connectivity index is 2.23. The van der Waals surface area contributed by atoms with Crippen molar-refractivity contribution >= 4 is 58.1 Å². The third-order valence-electron chi connectivity index (χ3n) is 3.02. The van der Waals surface area contributed by atoms with Crippen molar-refractivity contribution in [2.45, 2.75) is 9.96 Å². The monoisotopic (exact) mass is 403 g/mol. The summed E-state index contributed by atoms with van der Waals surface area (Å²) in [6, 6.07) is 15.2. The van der Waals surface area contributed by atoms with Crippen LogP contribution in [0.3, 0.4) is 0 Å². The summed E-state index contributed by atoms with van der Waals surface area (Å²) in [5, 5.41) is 3.06. The lowest BCUT2D eigenvalue weighted by Gasteiger charge is -2.22. The van der Waals surface area contributed by atoms with E-state index in [1.54, 1.807) is 48.5 Å². The van der Waals surface area contributed by atoms with E-state index in [1.807, 2.05) is 6.07 Å².